The number of thioether (sulfide) groups is 1. The standard InChI is InChI=1S/C13H15ClN2OS/c1-9(2)15-13-16(12(7-17)8-18-13)11-5-3-4-10(14)6-11/h3-7,9,12H,8H2,1-2H3. The lowest BCUT2D eigenvalue weighted by atomic mass is 10.2. The summed E-state index contributed by atoms with van der Waals surface area (Å²) in [6.07, 6.45) is 0.969. The molecule has 1 heterocycles. The van der Waals surface area contributed by atoms with E-state index in [1.807, 2.05) is 43.0 Å². The van der Waals surface area contributed by atoms with E-state index in [2.05, 4.69) is 4.99 Å². The number of benzene rings is 1. The second-order valence-electron chi connectivity index (χ2n) is 4.37. The molecule has 1 aromatic carbocycles. The molecule has 1 atom stereocenters. The highest BCUT2D eigenvalue weighted by molar-refractivity contribution is 8.14. The van der Waals surface area contributed by atoms with Gasteiger partial charge in [-0.1, -0.05) is 29.4 Å². The largest absolute Gasteiger partial charge is 0.310 e. The zero-order chi connectivity index (χ0) is 13.1. The number of anilines is 1. The van der Waals surface area contributed by atoms with Gasteiger partial charge in [-0.2, -0.15) is 0 Å². The Kier molecular flexibility index (Phi) is 4.30. The van der Waals surface area contributed by atoms with Crippen molar-refractivity contribution in [3.05, 3.63) is 29.3 Å². The maximum absolute atomic E-state index is 11.2. The first-order chi connectivity index (χ1) is 8.61. The van der Waals surface area contributed by atoms with Gasteiger partial charge in [0.15, 0.2) is 5.17 Å². The summed E-state index contributed by atoms with van der Waals surface area (Å²) in [5.74, 6) is 0.738. The minimum Gasteiger partial charge on any atom is -0.310 e. The first-order valence-corrected chi connectivity index (χ1v) is 7.19. The van der Waals surface area contributed by atoms with Crippen LogP contribution < -0.4 is 4.90 Å². The van der Waals surface area contributed by atoms with Gasteiger partial charge < -0.3 is 9.69 Å². The molecule has 1 unspecified atom stereocenters. The van der Waals surface area contributed by atoms with Gasteiger partial charge in [-0.15, -0.1) is 0 Å². The Morgan fingerprint density at radius 3 is 2.94 bits per heavy atom. The molecule has 0 saturated carbocycles. The van der Waals surface area contributed by atoms with Gasteiger partial charge in [0.2, 0.25) is 0 Å². The van der Waals surface area contributed by atoms with Crippen LogP contribution in [0.15, 0.2) is 29.3 Å². The van der Waals surface area contributed by atoms with E-state index >= 15 is 0 Å². The Labute approximate surface area is 116 Å². The Balaban J connectivity index is 2.38. The molecule has 0 bridgehead atoms. The molecule has 0 aliphatic carbocycles. The number of aliphatic imine (C=N–C) groups is 1. The first kappa shape index (κ1) is 13.4. The van der Waals surface area contributed by atoms with Gasteiger partial charge in [-0.05, 0) is 32.0 Å². The van der Waals surface area contributed by atoms with Crippen molar-refractivity contribution < 1.29 is 4.79 Å². The Hall–Kier alpha value is -1.00. The fourth-order valence-electron chi connectivity index (χ4n) is 1.79. The number of carbonyl (C=O) groups excluding carboxylic acids is 1. The summed E-state index contributed by atoms with van der Waals surface area (Å²) in [7, 11) is 0. The average Bonchev–Trinajstić information content (AvgIpc) is 2.71. The molecule has 0 amide bonds. The van der Waals surface area contributed by atoms with E-state index in [9.17, 15) is 4.79 Å². The number of hydrogen-bond acceptors (Lipinski definition) is 3. The van der Waals surface area contributed by atoms with Crippen molar-refractivity contribution in [1.29, 1.82) is 0 Å². The zero-order valence-corrected chi connectivity index (χ0v) is 11.9. The normalized spacial score (nSPS) is 21.9. The van der Waals surface area contributed by atoms with Crippen molar-refractivity contribution in [3.63, 3.8) is 0 Å². The van der Waals surface area contributed by atoms with Crippen LogP contribution in [-0.2, 0) is 4.79 Å². The first-order valence-electron chi connectivity index (χ1n) is 5.82. The van der Waals surface area contributed by atoms with Crippen LogP contribution in [0.3, 0.4) is 0 Å². The lowest BCUT2D eigenvalue weighted by Gasteiger charge is -2.23. The maximum atomic E-state index is 11.2. The fourth-order valence-corrected chi connectivity index (χ4v) is 3.19. The van der Waals surface area contributed by atoms with Crippen molar-refractivity contribution in [2.75, 3.05) is 10.7 Å². The van der Waals surface area contributed by atoms with Crippen molar-refractivity contribution in [2.24, 2.45) is 4.99 Å². The summed E-state index contributed by atoms with van der Waals surface area (Å²) in [5, 5.41) is 1.56. The van der Waals surface area contributed by atoms with Crippen molar-refractivity contribution >= 4 is 40.5 Å². The molecule has 96 valence electrons. The molecule has 0 aromatic heterocycles. The van der Waals surface area contributed by atoms with Gasteiger partial charge in [0.1, 0.15) is 12.3 Å². The van der Waals surface area contributed by atoms with E-state index in [1.165, 1.54) is 0 Å². The third-order valence-electron chi connectivity index (χ3n) is 2.53. The summed E-state index contributed by atoms with van der Waals surface area (Å²) in [4.78, 5) is 17.7. The Morgan fingerprint density at radius 2 is 2.33 bits per heavy atom. The Bertz CT molecular complexity index is 476. The van der Waals surface area contributed by atoms with E-state index in [0.29, 0.717) is 5.02 Å². The van der Waals surface area contributed by atoms with Gasteiger partial charge in [0.05, 0.1) is 0 Å². The van der Waals surface area contributed by atoms with Crippen LogP contribution in [0.25, 0.3) is 0 Å². The monoisotopic (exact) mass is 282 g/mol. The molecule has 1 saturated heterocycles. The molecule has 0 N–H and O–H groups in total. The average molecular weight is 283 g/mol. The molecular formula is C13H15ClN2OS. The molecule has 2 rings (SSSR count). The molecule has 1 aliphatic rings. The molecule has 3 nitrogen and oxygen atoms in total. The number of amidine groups is 1. The van der Waals surface area contributed by atoms with E-state index in [4.69, 9.17) is 11.6 Å². The predicted molar refractivity (Wildman–Crippen MR) is 78.8 cm³/mol. The number of halogens is 1. The number of aldehydes is 1. The van der Waals surface area contributed by atoms with Gasteiger partial charge in [-0.25, -0.2) is 0 Å². The molecule has 0 radical (unpaired) electrons. The summed E-state index contributed by atoms with van der Waals surface area (Å²) in [5.41, 5.74) is 0.920. The van der Waals surface area contributed by atoms with Gasteiger partial charge >= 0.3 is 0 Å². The third-order valence-corrected chi connectivity index (χ3v) is 3.84. The molecule has 5 heteroatoms. The second kappa shape index (κ2) is 5.76. The van der Waals surface area contributed by atoms with Crippen LogP contribution in [0, 0.1) is 0 Å². The SMILES string of the molecule is CC(C)N=C1SCC(C=O)N1c1cccc(Cl)c1. The van der Waals surface area contributed by atoms with Gasteiger partial charge in [0.25, 0.3) is 0 Å². The topological polar surface area (TPSA) is 32.7 Å². The summed E-state index contributed by atoms with van der Waals surface area (Å²) < 4.78 is 0. The predicted octanol–water partition coefficient (Wildman–Crippen LogP) is 3.23. The van der Waals surface area contributed by atoms with Crippen LogP contribution in [-0.4, -0.2) is 29.3 Å². The minimum atomic E-state index is -0.161. The van der Waals surface area contributed by atoms with Crippen molar-refractivity contribution in [3.8, 4) is 0 Å². The lowest BCUT2D eigenvalue weighted by molar-refractivity contribution is -0.108. The number of rotatable bonds is 3. The number of carbonyl (C=O) groups is 1. The highest BCUT2D eigenvalue weighted by Crippen LogP contribution is 2.31. The molecule has 18 heavy (non-hydrogen) atoms. The fraction of sp³-hybridized carbons (Fsp3) is 0.385. The van der Waals surface area contributed by atoms with E-state index in [0.717, 1.165) is 22.9 Å². The third kappa shape index (κ3) is 2.87. The van der Waals surface area contributed by atoms with E-state index < -0.39 is 0 Å². The van der Waals surface area contributed by atoms with E-state index in [-0.39, 0.29) is 12.1 Å². The second-order valence-corrected chi connectivity index (χ2v) is 5.79. The Morgan fingerprint density at radius 1 is 1.56 bits per heavy atom. The van der Waals surface area contributed by atoms with Crippen molar-refractivity contribution in [2.45, 2.75) is 25.9 Å². The van der Waals surface area contributed by atoms with Crippen molar-refractivity contribution in [1.82, 2.24) is 0 Å². The van der Waals surface area contributed by atoms with Gasteiger partial charge in [-0.3, -0.25) is 4.99 Å². The highest BCUT2D eigenvalue weighted by atomic mass is 35.5. The zero-order valence-electron chi connectivity index (χ0n) is 10.3. The van der Waals surface area contributed by atoms with Gasteiger partial charge in [0, 0.05) is 22.5 Å². The molecule has 1 aromatic rings. The minimum absolute atomic E-state index is 0.161. The maximum Gasteiger partial charge on any atom is 0.164 e. The van der Waals surface area contributed by atoms with Crippen LogP contribution in [0.1, 0.15) is 13.8 Å². The molecular weight excluding hydrogens is 268 g/mol. The van der Waals surface area contributed by atoms with Crippen LogP contribution in [0.4, 0.5) is 5.69 Å². The van der Waals surface area contributed by atoms with Crippen LogP contribution in [0.2, 0.25) is 5.02 Å². The summed E-state index contributed by atoms with van der Waals surface area (Å²) in [6.45, 7) is 4.05. The lowest BCUT2D eigenvalue weighted by Crippen LogP contribution is -2.35. The molecule has 1 fully saturated rings. The highest BCUT2D eigenvalue weighted by Gasteiger charge is 2.31. The number of hydrogen-bond donors (Lipinski definition) is 0. The van der Waals surface area contributed by atoms with Crippen LogP contribution >= 0.6 is 23.4 Å². The number of nitrogens with zero attached hydrogens (tertiary/aromatic N) is 2. The molecule has 1 aliphatic heterocycles. The molecule has 0 spiro atoms. The van der Waals surface area contributed by atoms with Crippen LogP contribution in [0.5, 0.6) is 0 Å². The van der Waals surface area contributed by atoms with E-state index in [1.54, 1.807) is 11.8 Å². The summed E-state index contributed by atoms with van der Waals surface area (Å²) in [6, 6.07) is 7.56. The summed E-state index contributed by atoms with van der Waals surface area (Å²) >= 11 is 7.62. The smallest absolute Gasteiger partial charge is 0.164 e. The quantitative estimate of drug-likeness (QED) is 0.798.